The van der Waals surface area contributed by atoms with Crippen LogP contribution in [0.2, 0.25) is 19.6 Å². The molecule has 1 aromatic rings. The summed E-state index contributed by atoms with van der Waals surface area (Å²) in [6, 6.07) is 6.94. The van der Waals surface area contributed by atoms with Crippen LogP contribution >= 0.6 is 0 Å². The van der Waals surface area contributed by atoms with Crippen LogP contribution in [-0.2, 0) is 6.42 Å². The number of hydrogen-bond acceptors (Lipinski definition) is 2. The second-order valence-corrected chi connectivity index (χ2v) is 10.0. The molecular formula is C13H21NOSi. The monoisotopic (exact) mass is 235 g/mol. The molecular weight excluding hydrogens is 214 g/mol. The van der Waals surface area contributed by atoms with E-state index in [1.807, 2.05) is 0 Å². The van der Waals surface area contributed by atoms with Crippen molar-refractivity contribution in [1.82, 2.24) is 0 Å². The Hall–Kier alpha value is -0.963. The van der Waals surface area contributed by atoms with Gasteiger partial charge in [0.1, 0.15) is 5.75 Å². The summed E-state index contributed by atoms with van der Waals surface area (Å²) in [4.78, 5) is 0. The standard InChI is InChI=1S/C13H21NOSi/c1-10-8-9-11-6-5-7-12(13(11)14-10)15-16(2,3)4/h5-7,10,14H,8-9H2,1-4H3. The average Bonchev–Trinajstić information content (AvgIpc) is 2.17. The second-order valence-electron chi connectivity index (χ2n) is 5.59. The zero-order valence-electron chi connectivity index (χ0n) is 10.6. The quantitative estimate of drug-likeness (QED) is 0.790. The average molecular weight is 235 g/mol. The molecule has 16 heavy (non-hydrogen) atoms. The van der Waals surface area contributed by atoms with Gasteiger partial charge in [0.15, 0.2) is 0 Å². The fourth-order valence-electron chi connectivity index (χ4n) is 2.05. The Kier molecular flexibility index (Phi) is 2.97. The Labute approximate surface area is 99.1 Å². The molecule has 0 aliphatic carbocycles. The third-order valence-electron chi connectivity index (χ3n) is 2.77. The molecule has 1 unspecified atom stereocenters. The molecule has 2 nitrogen and oxygen atoms in total. The molecule has 0 aromatic heterocycles. The van der Waals surface area contributed by atoms with Gasteiger partial charge in [0, 0.05) is 6.04 Å². The highest BCUT2D eigenvalue weighted by molar-refractivity contribution is 6.70. The van der Waals surface area contributed by atoms with Crippen molar-refractivity contribution in [2.75, 3.05) is 5.32 Å². The van der Waals surface area contributed by atoms with Crippen LogP contribution in [0.5, 0.6) is 5.75 Å². The molecule has 0 bridgehead atoms. The predicted molar refractivity (Wildman–Crippen MR) is 71.8 cm³/mol. The smallest absolute Gasteiger partial charge is 0.242 e. The van der Waals surface area contributed by atoms with Crippen LogP contribution in [0.25, 0.3) is 0 Å². The van der Waals surface area contributed by atoms with Crippen LogP contribution in [0.4, 0.5) is 5.69 Å². The summed E-state index contributed by atoms with van der Waals surface area (Å²) in [5.74, 6) is 1.04. The van der Waals surface area contributed by atoms with Crippen molar-refractivity contribution in [2.45, 2.75) is 45.4 Å². The molecule has 1 aliphatic heterocycles. The summed E-state index contributed by atoms with van der Waals surface area (Å²) >= 11 is 0. The predicted octanol–water partition coefficient (Wildman–Crippen LogP) is 3.65. The minimum atomic E-state index is -1.52. The van der Waals surface area contributed by atoms with Crippen molar-refractivity contribution < 1.29 is 4.43 Å². The molecule has 1 aromatic carbocycles. The van der Waals surface area contributed by atoms with E-state index >= 15 is 0 Å². The summed E-state index contributed by atoms with van der Waals surface area (Å²) in [6.45, 7) is 8.89. The zero-order valence-corrected chi connectivity index (χ0v) is 11.6. The van der Waals surface area contributed by atoms with Gasteiger partial charge in [0.2, 0.25) is 8.32 Å². The minimum Gasteiger partial charge on any atom is -0.543 e. The highest BCUT2D eigenvalue weighted by Crippen LogP contribution is 2.35. The second kappa shape index (κ2) is 4.13. The minimum absolute atomic E-state index is 0.555. The first-order chi connectivity index (χ1) is 7.46. The maximum atomic E-state index is 6.12. The van der Waals surface area contributed by atoms with E-state index in [1.54, 1.807) is 0 Å². The molecule has 88 valence electrons. The van der Waals surface area contributed by atoms with E-state index in [-0.39, 0.29) is 0 Å². The zero-order chi connectivity index (χ0) is 11.8. The lowest BCUT2D eigenvalue weighted by Crippen LogP contribution is -2.31. The Balaban J connectivity index is 2.32. The van der Waals surface area contributed by atoms with E-state index in [2.05, 4.69) is 50.1 Å². The van der Waals surface area contributed by atoms with Gasteiger partial charge in [-0.1, -0.05) is 12.1 Å². The number of aryl methyl sites for hydroxylation is 1. The van der Waals surface area contributed by atoms with Crippen LogP contribution in [0.3, 0.4) is 0 Å². The van der Waals surface area contributed by atoms with Crippen LogP contribution in [-0.4, -0.2) is 14.4 Å². The maximum absolute atomic E-state index is 6.12. The number of hydrogen-bond donors (Lipinski definition) is 1. The normalized spacial score (nSPS) is 19.9. The molecule has 3 heteroatoms. The van der Waals surface area contributed by atoms with E-state index in [0.717, 1.165) is 12.2 Å². The summed E-state index contributed by atoms with van der Waals surface area (Å²) in [5, 5.41) is 3.55. The first kappa shape index (κ1) is 11.5. The first-order valence-electron chi connectivity index (χ1n) is 6.03. The number of anilines is 1. The molecule has 0 saturated heterocycles. The van der Waals surface area contributed by atoms with E-state index in [9.17, 15) is 0 Å². The van der Waals surface area contributed by atoms with Crippen molar-refractivity contribution in [3.63, 3.8) is 0 Å². The molecule has 0 saturated carbocycles. The lowest BCUT2D eigenvalue weighted by molar-refractivity contribution is 0.552. The van der Waals surface area contributed by atoms with Gasteiger partial charge in [-0.15, -0.1) is 0 Å². The van der Waals surface area contributed by atoms with Gasteiger partial charge in [-0.25, -0.2) is 0 Å². The molecule has 1 heterocycles. The van der Waals surface area contributed by atoms with Crippen LogP contribution in [0, 0.1) is 0 Å². The van der Waals surface area contributed by atoms with Crippen LogP contribution < -0.4 is 9.74 Å². The van der Waals surface area contributed by atoms with E-state index in [1.165, 1.54) is 17.7 Å². The van der Waals surface area contributed by atoms with Gasteiger partial charge in [-0.05, 0) is 51.0 Å². The Morgan fingerprint density at radius 2 is 2.06 bits per heavy atom. The lowest BCUT2D eigenvalue weighted by atomic mass is 9.99. The van der Waals surface area contributed by atoms with Crippen molar-refractivity contribution in [1.29, 1.82) is 0 Å². The molecule has 2 rings (SSSR count). The molecule has 1 aliphatic rings. The van der Waals surface area contributed by atoms with Crippen LogP contribution in [0.15, 0.2) is 18.2 Å². The van der Waals surface area contributed by atoms with Crippen molar-refractivity contribution >= 4 is 14.0 Å². The van der Waals surface area contributed by atoms with Gasteiger partial charge < -0.3 is 9.74 Å². The molecule has 0 spiro atoms. The third-order valence-corrected chi connectivity index (χ3v) is 3.60. The summed E-state index contributed by atoms with van der Waals surface area (Å²) < 4.78 is 6.12. The van der Waals surface area contributed by atoms with Gasteiger partial charge in [0.25, 0.3) is 0 Å². The molecule has 1 N–H and O–H groups in total. The Morgan fingerprint density at radius 1 is 1.31 bits per heavy atom. The molecule has 0 fully saturated rings. The number of rotatable bonds is 2. The fourth-order valence-corrected chi connectivity index (χ4v) is 2.88. The highest BCUT2D eigenvalue weighted by Gasteiger charge is 2.22. The largest absolute Gasteiger partial charge is 0.543 e. The topological polar surface area (TPSA) is 21.3 Å². The first-order valence-corrected chi connectivity index (χ1v) is 9.44. The van der Waals surface area contributed by atoms with Crippen LogP contribution in [0.1, 0.15) is 18.9 Å². The summed E-state index contributed by atoms with van der Waals surface area (Å²) in [7, 11) is -1.52. The Bertz CT molecular complexity index is 384. The Morgan fingerprint density at radius 3 is 2.75 bits per heavy atom. The van der Waals surface area contributed by atoms with Gasteiger partial charge in [-0.2, -0.15) is 0 Å². The fraction of sp³-hybridized carbons (Fsp3) is 0.538. The summed E-state index contributed by atoms with van der Waals surface area (Å²) in [5.41, 5.74) is 2.62. The number of nitrogens with one attached hydrogen (secondary N) is 1. The molecule has 0 amide bonds. The number of para-hydroxylation sites is 1. The third kappa shape index (κ3) is 2.58. The number of fused-ring (bicyclic) bond motifs is 1. The maximum Gasteiger partial charge on any atom is 0.242 e. The van der Waals surface area contributed by atoms with Gasteiger partial charge >= 0.3 is 0 Å². The molecule has 0 radical (unpaired) electrons. The van der Waals surface area contributed by atoms with Gasteiger partial charge in [-0.3, -0.25) is 0 Å². The van der Waals surface area contributed by atoms with E-state index in [4.69, 9.17) is 4.43 Å². The van der Waals surface area contributed by atoms with Crippen molar-refractivity contribution in [3.05, 3.63) is 23.8 Å². The van der Waals surface area contributed by atoms with E-state index in [0.29, 0.717) is 6.04 Å². The highest BCUT2D eigenvalue weighted by atomic mass is 28.4. The lowest BCUT2D eigenvalue weighted by Gasteiger charge is -2.29. The summed E-state index contributed by atoms with van der Waals surface area (Å²) in [6.07, 6.45) is 2.37. The number of benzene rings is 1. The molecule has 1 atom stereocenters. The SMILES string of the molecule is CC1CCc2cccc(O[Si](C)(C)C)c2N1. The van der Waals surface area contributed by atoms with Crippen molar-refractivity contribution in [2.24, 2.45) is 0 Å². The van der Waals surface area contributed by atoms with Gasteiger partial charge in [0.05, 0.1) is 5.69 Å². The van der Waals surface area contributed by atoms with Crippen molar-refractivity contribution in [3.8, 4) is 5.75 Å². The van der Waals surface area contributed by atoms with E-state index < -0.39 is 8.32 Å².